The van der Waals surface area contributed by atoms with E-state index in [1.54, 1.807) is 36.4 Å². The van der Waals surface area contributed by atoms with E-state index in [1.165, 1.54) is 0 Å². The van der Waals surface area contributed by atoms with Gasteiger partial charge in [-0.1, -0.05) is 61.3 Å². The molecule has 0 radical (unpaired) electrons. The molecule has 28 heavy (non-hydrogen) atoms. The van der Waals surface area contributed by atoms with E-state index in [0.717, 1.165) is 11.1 Å². The molecule has 2 atom stereocenters. The second-order valence-corrected chi connectivity index (χ2v) is 7.98. The number of benzene rings is 2. The van der Waals surface area contributed by atoms with E-state index in [9.17, 15) is 19.8 Å². The predicted octanol–water partition coefficient (Wildman–Crippen LogP) is 4.92. The molecular formula is C21H23Cl2NO4. The predicted molar refractivity (Wildman–Crippen MR) is 111 cm³/mol. The molecule has 0 aliphatic carbocycles. The van der Waals surface area contributed by atoms with Gasteiger partial charge in [-0.05, 0) is 47.2 Å². The van der Waals surface area contributed by atoms with E-state index >= 15 is 0 Å². The number of nitrogens with one attached hydrogen (secondary N) is 1. The molecule has 0 saturated heterocycles. The standard InChI is InChI=1S/C21H23Cl2NO4/c1-12(2)6-19(21(27)28)24-11-18(20(25)26)14-5-3-4-13(7-14)15-8-16(22)10-17(23)9-15/h3-5,7-10,12,18-19,24H,6,11H2,1-2H3,(H,25,26)(H,27,28). The van der Waals surface area contributed by atoms with Crippen LogP contribution in [0.1, 0.15) is 31.7 Å². The van der Waals surface area contributed by atoms with Crippen molar-refractivity contribution >= 4 is 35.1 Å². The number of rotatable bonds is 9. The lowest BCUT2D eigenvalue weighted by atomic mass is 9.94. The molecule has 5 nitrogen and oxygen atoms in total. The molecule has 0 aliphatic rings. The van der Waals surface area contributed by atoms with Crippen LogP contribution in [0.3, 0.4) is 0 Å². The number of carbonyl (C=O) groups is 2. The number of hydrogen-bond donors (Lipinski definition) is 3. The van der Waals surface area contributed by atoms with Gasteiger partial charge in [-0.25, -0.2) is 0 Å². The maximum Gasteiger partial charge on any atom is 0.320 e. The highest BCUT2D eigenvalue weighted by atomic mass is 35.5. The van der Waals surface area contributed by atoms with E-state index in [1.807, 2.05) is 19.9 Å². The quantitative estimate of drug-likeness (QED) is 0.532. The zero-order valence-corrected chi connectivity index (χ0v) is 17.2. The minimum absolute atomic E-state index is 0.0127. The molecule has 0 bridgehead atoms. The Labute approximate surface area is 174 Å². The van der Waals surface area contributed by atoms with Crippen molar-refractivity contribution in [2.24, 2.45) is 5.92 Å². The summed E-state index contributed by atoms with van der Waals surface area (Å²) in [5.41, 5.74) is 2.13. The Kier molecular flexibility index (Phi) is 7.87. The van der Waals surface area contributed by atoms with E-state index in [0.29, 0.717) is 22.0 Å². The first-order valence-electron chi connectivity index (χ1n) is 8.92. The third-order valence-electron chi connectivity index (χ3n) is 4.36. The van der Waals surface area contributed by atoms with Crippen LogP contribution in [0.5, 0.6) is 0 Å². The van der Waals surface area contributed by atoms with Gasteiger partial charge >= 0.3 is 11.9 Å². The first-order chi connectivity index (χ1) is 13.2. The zero-order chi connectivity index (χ0) is 20.8. The number of carboxylic acid groups (broad SMARTS) is 2. The van der Waals surface area contributed by atoms with Crippen molar-refractivity contribution in [3.63, 3.8) is 0 Å². The van der Waals surface area contributed by atoms with Crippen LogP contribution in [0.25, 0.3) is 11.1 Å². The molecule has 0 amide bonds. The van der Waals surface area contributed by atoms with Gasteiger partial charge in [0.2, 0.25) is 0 Å². The Morgan fingerprint density at radius 2 is 1.61 bits per heavy atom. The summed E-state index contributed by atoms with van der Waals surface area (Å²) in [5, 5.41) is 22.9. The molecule has 2 unspecified atom stereocenters. The molecule has 0 spiro atoms. The van der Waals surface area contributed by atoms with Crippen molar-refractivity contribution in [2.75, 3.05) is 6.54 Å². The summed E-state index contributed by atoms with van der Waals surface area (Å²) >= 11 is 12.1. The molecule has 2 rings (SSSR count). The van der Waals surface area contributed by atoms with E-state index in [2.05, 4.69) is 5.32 Å². The van der Waals surface area contributed by atoms with Crippen LogP contribution < -0.4 is 5.32 Å². The smallest absolute Gasteiger partial charge is 0.320 e. The van der Waals surface area contributed by atoms with Gasteiger partial charge in [0.15, 0.2) is 0 Å². The van der Waals surface area contributed by atoms with Crippen molar-refractivity contribution in [3.05, 3.63) is 58.1 Å². The van der Waals surface area contributed by atoms with E-state index in [4.69, 9.17) is 23.2 Å². The van der Waals surface area contributed by atoms with Crippen molar-refractivity contribution in [2.45, 2.75) is 32.2 Å². The van der Waals surface area contributed by atoms with Crippen molar-refractivity contribution in [3.8, 4) is 11.1 Å². The Morgan fingerprint density at radius 3 is 2.14 bits per heavy atom. The van der Waals surface area contributed by atoms with Crippen molar-refractivity contribution in [1.29, 1.82) is 0 Å². The lowest BCUT2D eigenvalue weighted by Gasteiger charge is -2.20. The van der Waals surface area contributed by atoms with Crippen LogP contribution in [0.15, 0.2) is 42.5 Å². The number of carboxylic acids is 2. The molecule has 7 heteroatoms. The summed E-state index contributed by atoms with van der Waals surface area (Å²) in [7, 11) is 0. The fourth-order valence-electron chi connectivity index (χ4n) is 3.01. The second kappa shape index (κ2) is 9.92. The van der Waals surface area contributed by atoms with Crippen LogP contribution in [-0.2, 0) is 9.59 Å². The summed E-state index contributed by atoms with van der Waals surface area (Å²) in [5.74, 6) is -2.72. The average Bonchev–Trinajstić information content (AvgIpc) is 2.59. The minimum Gasteiger partial charge on any atom is -0.481 e. The lowest BCUT2D eigenvalue weighted by molar-refractivity contribution is -0.142. The topological polar surface area (TPSA) is 86.6 Å². The molecule has 0 aliphatic heterocycles. The molecule has 3 N–H and O–H groups in total. The lowest BCUT2D eigenvalue weighted by Crippen LogP contribution is -2.41. The van der Waals surface area contributed by atoms with Gasteiger partial charge in [-0.15, -0.1) is 0 Å². The highest BCUT2D eigenvalue weighted by Crippen LogP contribution is 2.29. The van der Waals surface area contributed by atoms with Crippen LogP contribution in [0.2, 0.25) is 10.0 Å². The third-order valence-corrected chi connectivity index (χ3v) is 4.79. The normalized spacial score (nSPS) is 13.3. The minimum atomic E-state index is -1.03. The summed E-state index contributed by atoms with van der Waals surface area (Å²) in [6, 6.07) is 11.4. The Balaban J connectivity index is 2.26. The van der Waals surface area contributed by atoms with Crippen LogP contribution in [-0.4, -0.2) is 34.7 Å². The Bertz CT molecular complexity index is 834. The van der Waals surface area contributed by atoms with Crippen LogP contribution in [0.4, 0.5) is 0 Å². The molecule has 0 saturated carbocycles. The maximum atomic E-state index is 11.8. The number of halogens is 2. The highest BCUT2D eigenvalue weighted by Gasteiger charge is 2.25. The average molecular weight is 424 g/mol. The van der Waals surface area contributed by atoms with E-state index in [-0.39, 0.29) is 12.5 Å². The fraction of sp³-hybridized carbons (Fsp3) is 0.333. The molecule has 2 aromatic rings. The molecule has 0 aromatic heterocycles. The largest absolute Gasteiger partial charge is 0.481 e. The summed E-state index contributed by atoms with van der Waals surface area (Å²) in [4.78, 5) is 23.3. The first kappa shape index (κ1) is 22.2. The van der Waals surface area contributed by atoms with Gasteiger partial charge in [0.05, 0.1) is 5.92 Å². The Morgan fingerprint density at radius 1 is 0.964 bits per heavy atom. The SMILES string of the molecule is CC(C)CC(NCC(C(=O)O)c1cccc(-c2cc(Cl)cc(Cl)c2)c1)C(=O)O. The molecular weight excluding hydrogens is 401 g/mol. The molecule has 150 valence electrons. The summed E-state index contributed by atoms with van der Waals surface area (Å²) < 4.78 is 0. The summed E-state index contributed by atoms with van der Waals surface area (Å²) in [6.45, 7) is 3.86. The number of aliphatic carboxylic acids is 2. The van der Waals surface area contributed by atoms with Gasteiger partial charge in [-0.2, -0.15) is 0 Å². The third kappa shape index (κ3) is 6.23. The van der Waals surface area contributed by atoms with Gasteiger partial charge in [0.1, 0.15) is 6.04 Å². The van der Waals surface area contributed by atoms with Gasteiger partial charge < -0.3 is 15.5 Å². The molecule has 0 fully saturated rings. The van der Waals surface area contributed by atoms with Crippen LogP contribution in [0, 0.1) is 5.92 Å². The zero-order valence-electron chi connectivity index (χ0n) is 15.7. The van der Waals surface area contributed by atoms with Crippen molar-refractivity contribution in [1.82, 2.24) is 5.32 Å². The van der Waals surface area contributed by atoms with Crippen LogP contribution >= 0.6 is 23.2 Å². The van der Waals surface area contributed by atoms with Gasteiger partial charge in [-0.3, -0.25) is 9.59 Å². The fourth-order valence-corrected chi connectivity index (χ4v) is 3.53. The van der Waals surface area contributed by atoms with Crippen molar-refractivity contribution < 1.29 is 19.8 Å². The number of hydrogen-bond acceptors (Lipinski definition) is 3. The van der Waals surface area contributed by atoms with Gasteiger partial charge in [0, 0.05) is 16.6 Å². The second-order valence-electron chi connectivity index (χ2n) is 7.10. The molecule has 0 heterocycles. The first-order valence-corrected chi connectivity index (χ1v) is 9.68. The maximum absolute atomic E-state index is 11.8. The van der Waals surface area contributed by atoms with Gasteiger partial charge in [0.25, 0.3) is 0 Å². The van der Waals surface area contributed by atoms with E-state index < -0.39 is 23.9 Å². The molecule has 2 aromatic carbocycles. The monoisotopic (exact) mass is 423 g/mol. The highest BCUT2D eigenvalue weighted by molar-refractivity contribution is 6.35. The summed E-state index contributed by atoms with van der Waals surface area (Å²) in [6.07, 6.45) is 0.419. The Hall–Kier alpha value is -2.08.